The minimum absolute atomic E-state index is 0.157. The molecule has 1 saturated heterocycles. The average Bonchev–Trinajstić information content (AvgIpc) is 2.41. The molecule has 0 spiro atoms. The van der Waals surface area contributed by atoms with E-state index in [0.717, 1.165) is 0 Å². The number of hydrogen-bond donors (Lipinski definition) is 2. The van der Waals surface area contributed by atoms with Crippen LogP contribution in [0.4, 0.5) is 10.5 Å². The minimum Gasteiger partial charge on any atom is -0.465 e. The van der Waals surface area contributed by atoms with Crippen molar-refractivity contribution < 1.29 is 14.7 Å². The SMILES string of the molecule is O=C(Nc1ccc(Br)nc1)C1CCCN(C(=O)O)C1. The van der Waals surface area contributed by atoms with E-state index in [-0.39, 0.29) is 18.4 Å². The number of hydrogen-bond acceptors (Lipinski definition) is 3. The molecule has 1 aliphatic rings. The predicted octanol–water partition coefficient (Wildman–Crippen LogP) is 2.17. The molecule has 1 atom stereocenters. The average molecular weight is 328 g/mol. The van der Waals surface area contributed by atoms with Crippen molar-refractivity contribution in [2.75, 3.05) is 18.4 Å². The van der Waals surface area contributed by atoms with Gasteiger partial charge in [0.05, 0.1) is 17.8 Å². The maximum absolute atomic E-state index is 12.1. The lowest BCUT2D eigenvalue weighted by molar-refractivity contribution is -0.121. The molecular formula is C12H14BrN3O3. The fraction of sp³-hybridized carbons (Fsp3) is 0.417. The first-order valence-corrected chi connectivity index (χ1v) is 6.76. The monoisotopic (exact) mass is 327 g/mol. The number of rotatable bonds is 2. The van der Waals surface area contributed by atoms with Gasteiger partial charge in [-0.1, -0.05) is 0 Å². The summed E-state index contributed by atoms with van der Waals surface area (Å²) in [5.41, 5.74) is 0.612. The molecule has 1 aliphatic heterocycles. The molecule has 7 heteroatoms. The smallest absolute Gasteiger partial charge is 0.407 e. The fourth-order valence-corrected chi connectivity index (χ4v) is 2.29. The second-order valence-corrected chi connectivity index (χ2v) is 5.24. The highest BCUT2D eigenvalue weighted by Gasteiger charge is 2.28. The molecule has 1 aromatic heterocycles. The summed E-state index contributed by atoms with van der Waals surface area (Å²) in [5.74, 6) is -0.455. The largest absolute Gasteiger partial charge is 0.465 e. The van der Waals surface area contributed by atoms with Crippen LogP contribution in [0.1, 0.15) is 12.8 Å². The first-order valence-electron chi connectivity index (χ1n) is 5.96. The van der Waals surface area contributed by atoms with E-state index in [1.54, 1.807) is 18.3 Å². The predicted molar refractivity (Wildman–Crippen MR) is 72.9 cm³/mol. The van der Waals surface area contributed by atoms with Crippen molar-refractivity contribution in [3.8, 4) is 0 Å². The van der Waals surface area contributed by atoms with Gasteiger partial charge in [-0.2, -0.15) is 0 Å². The lowest BCUT2D eigenvalue weighted by Crippen LogP contribution is -2.43. The third-order valence-corrected chi connectivity index (χ3v) is 3.53. The maximum Gasteiger partial charge on any atom is 0.407 e. The summed E-state index contributed by atoms with van der Waals surface area (Å²) in [4.78, 5) is 28.3. The molecule has 0 radical (unpaired) electrons. The Kier molecular flexibility index (Phi) is 4.36. The Morgan fingerprint density at radius 2 is 2.26 bits per heavy atom. The summed E-state index contributed by atoms with van der Waals surface area (Å²) in [7, 11) is 0. The third-order valence-electron chi connectivity index (χ3n) is 3.06. The van der Waals surface area contributed by atoms with Crippen molar-refractivity contribution in [1.82, 2.24) is 9.88 Å². The van der Waals surface area contributed by atoms with Gasteiger partial charge in [-0.05, 0) is 40.9 Å². The van der Waals surface area contributed by atoms with Crippen LogP contribution in [0.15, 0.2) is 22.9 Å². The van der Waals surface area contributed by atoms with Crippen molar-refractivity contribution in [1.29, 1.82) is 0 Å². The van der Waals surface area contributed by atoms with Crippen LogP contribution < -0.4 is 5.32 Å². The van der Waals surface area contributed by atoms with E-state index in [9.17, 15) is 9.59 Å². The maximum atomic E-state index is 12.1. The van der Waals surface area contributed by atoms with E-state index in [1.165, 1.54) is 4.90 Å². The number of nitrogens with zero attached hydrogens (tertiary/aromatic N) is 2. The molecule has 102 valence electrons. The van der Waals surface area contributed by atoms with Gasteiger partial charge >= 0.3 is 6.09 Å². The number of carboxylic acid groups (broad SMARTS) is 1. The van der Waals surface area contributed by atoms with Crippen molar-refractivity contribution in [3.63, 3.8) is 0 Å². The standard InChI is InChI=1S/C12H14BrN3O3/c13-10-4-3-9(6-14-10)15-11(17)8-2-1-5-16(7-8)12(18)19/h3-4,6,8H,1-2,5,7H2,(H,15,17)(H,18,19). The Bertz CT molecular complexity index is 478. The third kappa shape index (κ3) is 3.66. The number of nitrogens with one attached hydrogen (secondary N) is 1. The van der Waals surface area contributed by atoms with E-state index >= 15 is 0 Å². The summed E-state index contributed by atoms with van der Waals surface area (Å²) in [6, 6.07) is 3.48. The Hall–Kier alpha value is -1.63. The quantitative estimate of drug-likeness (QED) is 0.815. The molecule has 19 heavy (non-hydrogen) atoms. The lowest BCUT2D eigenvalue weighted by atomic mass is 9.97. The van der Waals surface area contributed by atoms with Gasteiger partial charge in [0.1, 0.15) is 4.60 Å². The molecule has 6 nitrogen and oxygen atoms in total. The molecule has 0 aromatic carbocycles. The highest BCUT2D eigenvalue weighted by atomic mass is 79.9. The summed E-state index contributed by atoms with van der Waals surface area (Å²) < 4.78 is 0.695. The second-order valence-electron chi connectivity index (χ2n) is 4.43. The minimum atomic E-state index is -0.970. The van der Waals surface area contributed by atoms with Crippen LogP contribution >= 0.6 is 15.9 Å². The van der Waals surface area contributed by atoms with Crippen LogP contribution in [-0.4, -0.2) is 40.1 Å². The Morgan fingerprint density at radius 3 is 2.89 bits per heavy atom. The number of pyridine rings is 1. The highest BCUT2D eigenvalue weighted by molar-refractivity contribution is 9.10. The van der Waals surface area contributed by atoms with Gasteiger partial charge < -0.3 is 15.3 Å². The molecule has 2 rings (SSSR count). The fourth-order valence-electron chi connectivity index (χ4n) is 2.06. The van der Waals surface area contributed by atoms with E-state index in [0.29, 0.717) is 29.7 Å². The van der Waals surface area contributed by atoms with Gasteiger partial charge in [0, 0.05) is 13.1 Å². The topological polar surface area (TPSA) is 82.5 Å². The van der Waals surface area contributed by atoms with Gasteiger partial charge in [0.2, 0.25) is 5.91 Å². The van der Waals surface area contributed by atoms with Crippen LogP contribution in [-0.2, 0) is 4.79 Å². The first-order chi connectivity index (χ1) is 9.06. The summed E-state index contributed by atoms with van der Waals surface area (Å²) in [5, 5.41) is 11.7. The Balaban J connectivity index is 1.96. The van der Waals surface area contributed by atoms with Gasteiger partial charge in [0.15, 0.2) is 0 Å². The van der Waals surface area contributed by atoms with E-state index in [1.807, 2.05) is 0 Å². The molecule has 2 amide bonds. The lowest BCUT2D eigenvalue weighted by Gasteiger charge is -2.29. The second kappa shape index (κ2) is 6.01. The van der Waals surface area contributed by atoms with Crippen LogP contribution in [0.2, 0.25) is 0 Å². The molecule has 2 heterocycles. The van der Waals surface area contributed by atoms with Gasteiger partial charge in [-0.3, -0.25) is 4.79 Å². The Morgan fingerprint density at radius 1 is 1.47 bits per heavy atom. The summed E-state index contributed by atoms with van der Waals surface area (Å²) in [6.45, 7) is 0.754. The Labute approximate surface area is 118 Å². The molecule has 1 aromatic rings. The molecule has 0 aliphatic carbocycles. The van der Waals surface area contributed by atoms with E-state index in [4.69, 9.17) is 5.11 Å². The number of carbonyl (C=O) groups is 2. The number of piperidine rings is 1. The molecule has 1 unspecified atom stereocenters. The number of anilines is 1. The molecule has 1 fully saturated rings. The van der Waals surface area contributed by atoms with Gasteiger partial charge in [-0.25, -0.2) is 9.78 Å². The summed E-state index contributed by atoms with van der Waals surface area (Å²) in [6.07, 6.45) is 2.00. The zero-order chi connectivity index (χ0) is 13.8. The van der Waals surface area contributed by atoms with Gasteiger partial charge in [-0.15, -0.1) is 0 Å². The number of amides is 2. The normalized spacial score (nSPS) is 19.0. The molecule has 2 N–H and O–H groups in total. The van der Waals surface area contributed by atoms with Gasteiger partial charge in [0.25, 0.3) is 0 Å². The number of halogens is 1. The molecule has 0 bridgehead atoms. The van der Waals surface area contributed by atoms with Crippen molar-refractivity contribution in [2.24, 2.45) is 5.92 Å². The van der Waals surface area contributed by atoms with Crippen LogP contribution in [0.5, 0.6) is 0 Å². The number of aromatic nitrogens is 1. The van der Waals surface area contributed by atoms with Crippen LogP contribution in [0.25, 0.3) is 0 Å². The zero-order valence-corrected chi connectivity index (χ0v) is 11.8. The van der Waals surface area contributed by atoms with E-state index < -0.39 is 6.09 Å². The highest BCUT2D eigenvalue weighted by Crippen LogP contribution is 2.19. The van der Waals surface area contributed by atoms with Crippen molar-refractivity contribution in [2.45, 2.75) is 12.8 Å². The van der Waals surface area contributed by atoms with Crippen molar-refractivity contribution >= 4 is 33.6 Å². The number of likely N-dealkylation sites (tertiary alicyclic amines) is 1. The zero-order valence-electron chi connectivity index (χ0n) is 10.2. The first kappa shape index (κ1) is 13.8. The van der Waals surface area contributed by atoms with Crippen LogP contribution in [0.3, 0.4) is 0 Å². The molecular weight excluding hydrogens is 314 g/mol. The van der Waals surface area contributed by atoms with Crippen LogP contribution in [0, 0.1) is 5.92 Å². The summed E-state index contributed by atoms with van der Waals surface area (Å²) >= 11 is 3.22. The number of carbonyl (C=O) groups excluding carboxylic acids is 1. The van der Waals surface area contributed by atoms with E-state index in [2.05, 4.69) is 26.2 Å². The molecule has 0 saturated carbocycles. The van der Waals surface area contributed by atoms with Crippen molar-refractivity contribution in [3.05, 3.63) is 22.9 Å².